The van der Waals surface area contributed by atoms with E-state index in [0.717, 1.165) is 30.6 Å². The van der Waals surface area contributed by atoms with Crippen molar-refractivity contribution >= 4 is 23.2 Å². The van der Waals surface area contributed by atoms with Crippen LogP contribution in [0.25, 0.3) is 0 Å². The van der Waals surface area contributed by atoms with Gasteiger partial charge in [0.05, 0.1) is 12.1 Å². The first-order valence-corrected chi connectivity index (χ1v) is 7.03. The molecule has 2 N–H and O–H groups in total. The lowest BCUT2D eigenvalue weighted by atomic mass is 9.93. The van der Waals surface area contributed by atoms with E-state index in [-0.39, 0.29) is 6.04 Å². The van der Waals surface area contributed by atoms with Crippen molar-refractivity contribution < 1.29 is 4.74 Å². The number of halogens is 2. The third-order valence-corrected chi connectivity index (χ3v) is 3.77. The van der Waals surface area contributed by atoms with Crippen LogP contribution < -0.4 is 10.5 Å². The molecule has 1 aromatic carbocycles. The molecule has 0 amide bonds. The van der Waals surface area contributed by atoms with Gasteiger partial charge in [-0.15, -0.1) is 0 Å². The molecule has 0 spiro atoms. The van der Waals surface area contributed by atoms with Gasteiger partial charge >= 0.3 is 0 Å². The lowest BCUT2D eigenvalue weighted by Crippen LogP contribution is -2.19. The van der Waals surface area contributed by atoms with Crippen molar-refractivity contribution in [1.29, 1.82) is 0 Å². The van der Waals surface area contributed by atoms with Gasteiger partial charge in [0.25, 0.3) is 0 Å². The molecule has 2 atom stereocenters. The Morgan fingerprint density at radius 2 is 1.94 bits per heavy atom. The van der Waals surface area contributed by atoms with Gasteiger partial charge < -0.3 is 10.5 Å². The van der Waals surface area contributed by atoms with Crippen molar-refractivity contribution in [2.24, 2.45) is 5.73 Å². The summed E-state index contributed by atoms with van der Waals surface area (Å²) in [4.78, 5) is 0. The smallest absolute Gasteiger partial charge is 0.141 e. The van der Waals surface area contributed by atoms with Crippen LogP contribution in [0.15, 0.2) is 12.1 Å². The van der Waals surface area contributed by atoms with E-state index >= 15 is 0 Å². The van der Waals surface area contributed by atoms with Crippen LogP contribution in [-0.2, 0) is 0 Å². The lowest BCUT2D eigenvalue weighted by Gasteiger charge is -2.18. The van der Waals surface area contributed by atoms with Crippen LogP contribution in [0.2, 0.25) is 10.0 Å². The second kappa shape index (κ2) is 7.22. The summed E-state index contributed by atoms with van der Waals surface area (Å²) in [5, 5.41) is 1.20. The van der Waals surface area contributed by atoms with E-state index in [1.54, 1.807) is 13.2 Å². The van der Waals surface area contributed by atoms with Gasteiger partial charge in [0.15, 0.2) is 0 Å². The number of ether oxygens (including phenoxy) is 1. The molecule has 2 nitrogen and oxygen atoms in total. The van der Waals surface area contributed by atoms with Gasteiger partial charge in [-0.2, -0.15) is 0 Å². The minimum absolute atomic E-state index is 0.258. The summed E-state index contributed by atoms with van der Waals surface area (Å²) in [5.74, 6) is 1.05. The van der Waals surface area contributed by atoms with Gasteiger partial charge in [-0.3, -0.25) is 0 Å². The highest BCUT2D eigenvalue weighted by atomic mass is 35.5. The van der Waals surface area contributed by atoms with E-state index in [0.29, 0.717) is 16.0 Å². The molecule has 1 rings (SSSR count). The van der Waals surface area contributed by atoms with Crippen molar-refractivity contribution in [3.8, 4) is 5.75 Å². The molecule has 0 bridgehead atoms. The van der Waals surface area contributed by atoms with Crippen LogP contribution in [0.4, 0.5) is 0 Å². The first kappa shape index (κ1) is 15.6. The topological polar surface area (TPSA) is 35.2 Å². The van der Waals surface area contributed by atoms with Crippen molar-refractivity contribution in [3.05, 3.63) is 27.7 Å². The Kier molecular flexibility index (Phi) is 6.27. The Morgan fingerprint density at radius 3 is 2.50 bits per heavy atom. The van der Waals surface area contributed by atoms with E-state index in [2.05, 4.69) is 13.8 Å². The highest BCUT2D eigenvalue weighted by Gasteiger charge is 2.16. The monoisotopic (exact) mass is 289 g/mol. The molecular formula is C14H21Cl2NO. The highest BCUT2D eigenvalue weighted by Crippen LogP contribution is 2.38. The van der Waals surface area contributed by atoms with E-state index in [1.165, 1.54) is 0 Å². The van der Waals surface area contributed by atoms with E-state index in [4.69, 9.17) is 33.7 Å². The summed E-state index contributed by atoms with van der Waals surface area (Å²) in [5.41, 5.74) is 7.00. The Hall–Kier alpha value is -0.440. The summed E-state index contributed by atoms with van der Waals surface area (Å²) in [6.45, 7) is 4.25. The number of methoxy groups -OCH3 is 1. The molecule has 4 heteroatoms. The first-order valence-electron chi connectivity index (χ1n) is 6.28. The molecule has 0 aromatic heterocycles. The Bertz CT molecular complexity index is 396. The predicted molar refractivity (Wildman–Crippen MR) is 78.9 cm³/mol. The molecule has 0 aliphatic heterocycles. The molecule has 0 saturated heterocycles. The van der Waals surface area contributed by atoms with E-state index < -0.39 is 0 Å². The van der Waals surface area contributed by atoms with Crippen molar-refractivity contribution in [2.45, 2.75) is 45.1 Å². The Balaban J connectivity index is 2.87. The fourth-order valence-electron chi connectivity index (χ4n) is 1.99. The Labute approximate surface area is 119 Å². The van der Waals surface area contributed by atoms with E-state index in [1.807, 2.05) is 6.07 Å². The summed E-state index contributed by atoms with van der Waals surface area (Å²) in [6, 6.07) is 3.89. The van der Waals surface area contributed by atoms with Crippen LogP contribution in [-0.4, -0.2) is 13.2 Å². The quantitative estimate of drug-likeness (QED) is 0.829. The molecule has 0 heterocycles. The van der Waals surface area contributed by atoms with Gasteiger partial charge in [-0.05, 0) is 42.9 Å². The Morgan fingerprint density at radius 1 is 1.28 bits per heavy atom. The standard InChI is InChI=1S/C14H21Cl2NO/c1-4-11(17)6-5-9(2)12-7-10(15)8-13(16)14(12)18-3/h7-9,11H,4-6,17H2,1-3H3. The summed E-state index contributed by atoms with van der Waals surface area (Å²) >= 11 is 12.2. The predicted octanol–water partition coefficient (Wildman–Crippen LogP) is 4.62. The molecule has 0 aliphatic carbocycles. The SMILES string of the molecule is CCC(N)CCC(C)c1cc(Cl)cc(Cl)c1OC. The fraction of sp³-hybridized carbons (Fsp3) is 0.571. The van der Waals surface area contributed by atoms with Gasteiger partial charge in [0, 0.05) is 11.1 Å². The van der Waals surface area contributed by atoms with Crippen molar-refractivity contribution in [2.75, 3.05) is 7.11 Å². The molecular weight excluding hydrogens is 269 g/mol. The first-order chi connectivity index (χ1) is 8.49. The van der Waals surface area contributed by atoms with Crippen LogP contribution >= 0.6 is 23.2 Å². The number of hydrogen-bond donors (Lipinski definition) is 1. The normalized spacial score (nSPS) is 14.3. The maximum Gasteiger partial charge on any atom is 0.141 e. The van der Waals surface area contributed by atoms with Gasteiger partial charge in [-0.25, -0.2) is 0 Å². The molecule has 18 heavy (non-hydrogen) atoms. The van der Waals surface area contributed by atoms with Gasteiger partial charge in [0.2, 0.25) is 0 Å². The van der Waals surface area contributed by atoms with Crippen LogP contribution in [0.5, 0.6) is 5.75 Å². The zero-order valence-corrected chi connectivity index (χ0v) is 12.7. The summed E-state index contributed by atoms with van der Waals surface area (Å²) < 4.78 is 5.36. The zero-order valence-electron chi connectivity index (χ0n) is 11.2. The zero-order chi connectivity index (χ0) is 13.7. The van der Waals surface area contributed by atoms with Crippen LogP contribution in [0.1, 0.15) is 44.6 Å². The average Bonchev–Trinajstić information content (AvgIpc) is 2.34. The summed E-state index contributed by atoms with van der Waals surface area (Å²) in [6.07, 6.45) is 2.99. The highest BCUT2D eigenvalue weighted by molar-refractivity contribution is 6.35. The van der Waals surface area contributed by atoms with Crippen LogP contribution in [0, 0.1) is 0 Å². The number of hydrogen-bond acceptors (Lipinski definition) is 2. The molecule has 0 radical (unpaired) electrons. The third-order valence-electron chi connectivity index (χ3n) is 3.27. The van der Waals surface area contributed by atoms with Gasteiger partial charge in [0.1, 0.15) is 5.75 Å². The minimum atomic E-state index is 0.258. The average molecular weight is 290 g/mol. The molecule has 2 unspecified atom stereocenters. The minimum Gasteiger partial charge on any atom is -0.495 e. The maximum atomic E-state index is 6.13. The lowest BCUT2D eigenvalue weighted by molar-refractivity contribution is 0.403. The largest absolute Gasteiger partial charge is 0.495 e. The summed E-state index contributed by atoms with van der Waals surface area (Å²) in [7, 11) is 1.63. The molecule has 0 saturated carbocycles. The molecule has 1 aromatic rings. The fourth-order valence-corrected chi connectivity index (χ4v) is 2.57. The number of rotatable bonds is 6. The molecule has 0 fully saturated rings. The number of nitrogens with two attached hydrogens (primary N) is 1. The maximum absolute atomic E-state index is 6.13. The molecule has 102 valence electrons. The van der Waals surface area contributed by atoms with E-state index in [9.17, 15) is 0 Å². The second-order valence-corrected chi connectivity index (χ2v) is 5.50. The number of benzene rings is 1. The van der Waals surface area contributed by atoms with Crippen molar-refractivity contribution in [3.63, 3.8) is 0 Å². The third kappa shape index (κ3) is 4.04. The van der Waals surface area contributed by atoms with Crippen LogP contribution in [0.3, 0.4) is 0 Å². The second-order valence-electron chi connectivity index (χ2n) is 4.66. The van der Waals surface area contributed by atoms with Crippen molar-refractivity contribution in [1.82, 2.24) is 0 Å². The van der Waals surface area contributed by atoms with Gasteiger partial charge in [-0.1, -0.05) is 37.0 Å². The molecule has 0 aliphatic rings.